The van der Waals surface area contributed by atoms with Gasteiger partial charge >= 0.3 is 0 Å². The van der Waals surface area contributed by atoms with Crippen LogP contribution in [0.25, 0.3) is 10.8 Å². The van der Waals surface area contributed by atoms with E-state index in [0.29, 0.717) is 18.5 Å². The monoisotopic (exact) mass is 341 g/mol. The second kappa shape index (κ2) is 6.98. The molecule has 0 spiro atoms. The van der Waals surface area contributed by atoms with Crippen molar-refractivity contribution in [3.05, 3.63) is 67.0 Å². The highest BCUT2D eigenvalue weighted by Crippen LogP contribution is 2.21. The zero-order valence-electron chi connectivity index (χ0n) is 13.4. The summed E-state index contributed by atoms with van der Waals surface area (Å²) in [5.41, 5.74) is 1.05. The Morgan fingerprint density at radius 1 is 1.04 bits per heavy atom. The Bertz CT molecular complexity index is 922. The van der Waals surface area contributed by atoms with Crippen LogP contribution in [0.1, 0.15) is 0 Å². The van der Waals surface area contributed by atoms with Crippen LogP contribution in [0.3, 0.4) is 0 Å². The minimum Gasteiger partial charge on any atom is -0.373 e. The van der Waals surface area contributed by atoms with E-state index in [0.717, 1.165) is 11.1 Å². The van der Waals surface area contributed by atoms with E-state index < -0.39 is 10.0 Å². The van der Waals surface area contributed by atoms with Crippen molar-refractivity contribution in [1.29, 1.82) is 0 Å². The van der Waals surface area contributed by atoms with E-state index in [-0.39, 0.29) is 4.90 Å². The molecule has 0 bridgehead atoms. The average molecular weight is 341 g/mol. The summed E-state index contributed by atoms with van der Waals surface area (Å²) < 4.78 is 27.9. The molecule has 6 heteroatoms. The van der Waals surface area contributed by atoms with Gasteiger partial charge in [0.1, 0.15) is 0 Å². The van der Waals surface area contributed by atoms with Crippen molar-refractivity contribution >= 4 is 26.5 Å². The zero-order chi connectivity index (χ0) is 17.0. The minimum absolute atomic E-state index is 0.282. The number of nitrogens with one attached hydrogen (secondary N) is 1. The predicted molar refractivity (Wildman–Crippen MR) is 96.6 cm³/mol. The van der Waals surface area contributed by atoms with Crippen LogP contribution in [-0.2, 0) is 10.0 Å². The van der Waals surface area contributed by atoms with Gasteiger partial charge < -0.3 is 4.90 Å². The molecule has 0 amide bonds. The smallest absolute Gasteiger partial charge is 0.241 e. The molecule has 2 aromatic carbocycles. The standard InChI is InChI=1S/C18H19N3O2S/c1-21(16-7-3-2-4-8-16)13-12-20-24(22,23)18-9-5-6-15-14-19-11-10-17(15)18/h2-11,14,20H,12-13H2,1H3. The van der Waals surface area contributed by atoms with E-state index in [1.54, 1.807) is 30.6 Å². The Kier molecular flexibility index (Phi) is 4.78. The van der Waals surface area contributed by atoms with Gasteiger partial charge in [0.25, 0.3) is 0 Å². The number of hydrogen-bond acceptors (Lipinski definition) is 4. The number of hydrogen-bond donors (Lipinski definition) is 1. The summed E-state index contributed by atoms with van der Waals surface area (Å²) in [7, 11) is -1.63. The van der Waals surface area contributed by atoms with E-state index in [4.69, 9.17) is 0 Å². The van der Waals surface area contributed by atoms with Crippen LogP contribution >= 0.6 is 0 Å². The maximum Gasteiger partial charge on any atom is 0.241 e. The molecule has 0 saturated carbocycles. The summed E-state index contributed by atoms with van der Waals surface area (Å²) in [4.78, 5) is 6.32. The zero-order valence-corrected chi connectivity index (χ0v) is 14.2. The normalized spacial score (nSPS) is 11.5. The molecule has 1 aromatic heterocycles. The molecular formula is C18H19N3O2S. The van der Waals surface area contributed by atoms with Gasteiger partial charge in [-0.15, -0.1) is 0 Å². The highest BCUT2D eigenvalue weighted by Gasteiger charge is 2.16. The van der Waals surface area contributed by atoms with Gasteiger partial charge in [0.05, 0.1) is 4.90 Å². The van der Waals surface area contributed by atoms with Crippen LogP contribution in [0.5, 0.6) is 0 Å². The minimum atomic E-state index is -3.57. The number of rotatable bonds is 6. The number of para-hydroxylation sites is 1. The van der Waals surface area contributed by atoms with Crippen molar-refractivity contribution in [2.45, 2.75) is 4.90 Å². The van der Waals surface area contributed by atoms with Crippen molar-refractivity contribution in [3.63, 3.8) is 0 Å². The first-order chi connectivity index (χ1) is 11.6. The molecule has 0 saturated heterocycles. The van der Waals surface area contributed by atoms with Gasteiger partial charge in [-0.1, -0.05) is 30.3 Å². The number of likely N-dealkylation sites (N-methyl/N-ethyl adjacent to an activating group) is 1. The van der Waals surface area contributed by atoms with Gasteiger partial charge in [-0.05, 0) is 24.3 Å². The molecule has 0 fully saturated rings. The van der Waals surface area contributed by atoms with Gasteiger partial charge in [-0.25, -0.2) is 13.1 Å². The van der Waals surface area contributed by atoms with Gasteiger partial charge in [-0.3, -0.25) is 4.98 Å². The number of fused-ring (bicyclic) bond motifs is 1. The third-order valence-corrected chi connectivity index (χ3v) is 5.39. The lowest BCUT2D eigenvalue weighted by Gasteiger charge is -2.19. The van der Waals surface area contributed by atoms with Crippen LogP contribution in [0.4, 0.5) is 5.69 Å². The van der Waals surface area contributed by atoms with Crippen molar-refractivity contribution in [2.75, 3.05) is 25.0 Å². The van der Waals surface area contributed by atoms with Crippen LogP contribution < -0.4 is 9.62 Å². The Morgan fingerprint density at radius 2 is 1.83 bits per heavy atom. The van der Waals surface area contributed by atoms with E-state index in [1.165, 1.54) is 0 Å². The fourth-order valence-corrected chi connectivity index (χ4v) is 3.81. The van der Waals surface area contributed by atoms with Gasteiger partial charge in [0, 0.05) is 49.0 Å². The maximum absolute atomic E-state index is 12.6. The summed E-state index contributed by atoms with van der Waals surface area (Å²) in [6.07, 6.45) is 3.27. The second-order valence-electron chi connectivity index (χ2n) is 5.51. The summed E-state index contributed by atoms with van der Waals surface area (Å²) in [6.45, 7) is 0.908. The topological polar surface area (TPSA) is 62.3 Å². The molecular weight excluding hydrogens is 322 g/mol. The van der Waals surface area contributed by atoms with Crippen molar-refractivity contribution in [1.82, 2.24) is 9.71 Å². The summed E-state index contributed by atoms with van der Waals surface area (Å²) in [5, 5.41) is 1.48. The molecule has 124 valence electrons. The predicted octanol–water partition coefficient (Wildman–Crippen LogP) is 2.65. The molecule has 0 unspecified atom stereocenters. The fourth-order valence-electron chi connectivity index (χ4n) is 2.56. The Labute approximate surface area is 142 Å². The van der Waals surface area contributed by atoms with E-state index in [2.05, 4.69) is 9.71 Å². The van der Waals surface area contributed by atoms with Crippen LogP contribution in [0.15, 0.2) is 71.9 Å². The van der Waals surface area contributed by atoms with E-state index in [1.807, 2.05) is 48.3 Å². The lowest BCUT2D eigenvalue weighted by molar-refractivity contribution is 0.582. The Balaban J connectivity index is 1.72. The molecule has 0 aliphatic carbocycles. The van der Waals surface area contributed by atoms with E-state index >= 15 is 0 Å². The van der Waals surface area contributed by atoms with Crippen LogP contribution in [-0.4, -0.2) is 33.5 Å². The number of pyridine rings is 1. The van der Waals surface area contributed by atoms with Crippen LogP contribution in [0.2, 0.25) is 0 Å². The lowest BCUT2D eigenvalue weighted by atomic mass is 10.2. The molecule has 0 aliphatic heterocycles. The molecule has 3 aromatic rings. The number of sulfonamides is 1. The number of anilines is 1. The lowest BCUT2D eigenvalue weighted by Crippen LogP contribution is -2.33. The van der Waals surface area contributed by atoms with Gasteiger partial charge in [0.15, 0.2) is 0 Å². The molecule has 1 heterocycles. The van der Waals surface area contributed by atoms with Crippen molar-refractivity contribution in [3.8, 4) is 0 Å². The quantitative estimate of drug-likeness (QED) is 0.749. The summed E-state index contributed by atoms with van der Waals surface area (Å²) in [6, 6.07) is 16.8. The second-order valence-corrected chi connectivity index (χ2v) is 7.24. The highest BCUT2D eigenvalue weighted by molar-refractivity contribution is 7.89. The first kappa shape index (κ1) is 16.4. The van der Waals surface area contributed by atoms with Crippen LogP contribution in [0, 0.1) is 0 Å². The molecule has 24 heavy (non-hydrogen) atoms. The molecule has 0 radical (unpaired) electrons. The Hall–Kier alpha value is -2.44. The molecule has 5 nitrogen and oxygen atoms in total. The van der Waals surface area contributed by atoms with Crippen molar-refractivity contribution < 1.29 is 8.42 Å². The van der Waals surface area contributed by atoms with Crippen molar-refractivity contribution in [2.24, 2.45) is 0 Å². The first-order valence-corrected chi connectivity index (χ1v) is 9.15. The highest BCUT2D eigenvalue weighted by atomic mass is 32.2. The first-order valence-electron chi connectivity index (χ1n) is 7.66. The SMILES string of the molecule is CN(CCNS(=O)(=O)c1cccc2cnccc12)c1ccccc1. The summed E-state index contributed by atoms with van der Waals surface area (Å²) >= 11 is 0. The molecule has 1 N–H and O–H groups in total. The molecule has 0 atom stereocenters. The molecule has 3 rings (SSSR count). The largest absolute Gasteiger partial charge is 0.373 e. The van der Waals surface area contributed by atoms with E-state index in [9.17, 15) is 8.42 Å². The summed E-state index contributed by atoms with van der Waals surface area (Å²) in [5.74, 6) is 0. The number of aromatic nitrogens is 1. The number of nitrogens with zero attached hydrogens (tertiary/aromatic N) is 2. The maximum atomic E-state index is 12.6. The average Bonchev–Trinajstić information content (AvgIpc) is 2.61. The Morgan fingerprint density at radius 3 is 2.62 bits per heavy atom. The van der Waals surface area contributed by atoms with Gasteiger partial charge in [-0.2, -0.15) is 0 Å². The fraction of sp³-hybridized carbons (Fsp3) is 0.167. The third-order valence-electron chi connectivity index (χ3n) is 3.87. The molecule has 0 aliphatic rings. The van der Waals surface area contributed by atoms with Gasteiger partial charge in [0.2, 0.25) is 10.0 Å². The number of benzene rings is 2. The third kappa shape index (κ3) is 3.55.